The highest BCUT2D eigenvalue weighted by Crippen LogP contribution is 2.27. The lowest BCUT2D eigenvalue weighted by Crippen LogP contribution is -2.50. The maximum atomic E-state index is 11.5. The Morgan fingerprint density at radius 1 is 1.56 bits per heavy atom. The topological polar surface area (TPSA) is 85.2 Å². The Morgan fingerprint density at radius 3 is 3.00 bits per heavy atom. The van der Waals surface area contributed by atoms with Gasteiger partial charge in [-0.05, 0) is 31.0 Å². The summed E-state index contributed by atoms with van der Waals surface area (Å²) in [6, 6.07) is 3.71. The van der Waals surface area contributed by atoms with Crippen LogP contribution < -0.4 is 11.5 Å². The summed E-state index contributed by atoms with van der Waals surface area (Å²) in [7, 11) is 0. The van der Waals surface area contributed by atoms with E-state index in [1.807, 2.05) is 18.3 Å². The zero-order chi connectivity index (χ0) is 13.0. The average molecular weight is 248 g/mol. The van der Waals surface area contributed by atoms with E-state index in [-0.39, 0.29) is 18.0 Å². The van der Waals surface area contributed by atoms with Gasteiger partial charge < -0.3 is 11.5 Å². The summed E-state index contributed by atoms with van der Waals surface area (Å²) in [5.74, 6) is -0.253. The van der Waals surface area contributed by atoms with Crippen LogP contribution >= 0.6 is 0 Å². The van der Waals surface area contributed by atoms with Crippen molar-refractivity contribution in [3.8, 4) is 0 Å². The molecule has 5 nitrogen and oxygen atoms in total. The van der Waals surface area contributed by atoms with Crippen LogP contribution in [0, 0.1) is 0 Å². The number of pyridine rings is 1. The summed E-state index contributed by atoms with van der Waals surface area (Å²) in [6.07, 6.45) is 6.50. The summed E-state index contributed by atoms with van der Waals surface area (Å²) in [4.78, 5) is 17.8. The number of rotatable bonds is 4. The highest BCUT2D eigenvalue weighted by atomic mass is 16.1. The Kier molecular flexibility index (Phi) is 4.28. The molecule has 1 aromatic rings. The van der Waals surface area contributed by atoms with Gasteiger partial charge in [0, 0.05) is 25.0 Å². The molecule has 2 unspecified atom stereocenters. The summed E-state index contributed by atoms with van der Waals surface area (Å²) >= 11 is 0. The van der Waals surface area contributed by atoms with E-state index in [1.165, 1.54) is 0 Å². The van der Waals surface area contributed by atoms with Crippen LogP contribution in [0.4, 0.5) is 0 Å². The van der Waals surface area contributed by atoms with Crippen molar-refractivity contribution >= 4 is 5.91 Å². The first-order valence-corrected chi connectivity index (χ1v) is 6.39. The van der Waals surface area contributed by atoms with Crippen molar-refractivity contribution in [2.45, 2.75) is 31.3 Å². The first kappa shape index (κ1) is 13.0. The molecular formula is C13H20N4O. The van der Waals surface area contributed by atoms with Gasteiger partial charge in [-0.1, -0.05) is 12.5 Å². The van der Waals surface area contributed by atoms with E-state index >= 15 is 0 Å². The summed E-state index contributed by atoms with van der Waals surface area (Å²) in [5, 5.41) is 0. The lowest BCUT2D eigenvalue weighted by molar-refractivity contribution is -0.125. The molecule has 1 aromatic heterocycles. The predicted octanol–water partition coefficient (Wildman–Crippen LogP) is 0.421. The van der Waals surface area contributed by atoms with Crippen molar-refractivity contribution < 1.29 is 4.79 Å². The molecule has 1 amide bonds. The van der Waals surface area contributed by atoms with Gasteiger partial charge in [0.1, 0.15) is 0 Å². The second-order valence-electron chi connectivity index (χ2n) is 4.69. The number of hydrogen-bond donors (Lipinski definition) is 2. The molecule has 0 spiro atoms. The maximum Gasteiger partial charge on any atom is 0.234 e. The van der Waals surface area contributed by atoms with E-state index in [4.69, 9.17) is 11.5 Å². The smallest absolute Gasteiger partial charge is 0.234 e. The number of carbonyl (C=O) groups is 1. The number of likely N-dealkylation sites (tertiary alicyclic amines) is 1. The average Bonchev–Trinajstić information content (AvgIpc) is 2.41. The molecule has 0 aliphatic carbocycles. The van der Waals surface area contributed by atoms with Gasteiger partial charge >= 0.3 is 0 Å². The van der Waals surface area contributed by atoms with E-state index in [9.17, 15) is 4.79 Å². The lowest BCUT2D eigenvalue weighted by Gasteiger charge is -2.39. The van der Waals surface area contributed by atoms with Crippen molar-refractivity contribution in [3.05, 3.63) is 30.1 Å². The minimum absolute atomic E-state index is 0.0245. The molecule has 1 aliphatic heterocycles. The molecule has 0 aromatic carbocycles. The predicted molar refractivity (Wildman–Crippen MR) is 69.6 cm³/mol. The van der Waals surface area contributed by atoms with E-state index in [0.29, 0.717) is 6.54 Å². The SMILES string of the molecule is NCC(c1cccnc1)N1CCCCC1C(N)=O. The van der Waals surface area contributed by atoms with Crippen molar-refractivity contribution in [1.29, 1.82) is 0 Å². The fourth-order valence-corrected chi connectivity index (χ4v) is 2.67. The van der Waals surface area contributed by atoms with E-state index in [1.54, 1.807) is 6.20 Å². The van der Waals surface area contributed by atoms with Crippen LogP contribution in [0.15, 0.2) is 24.5 Å². The standard InChI is InChI=1S/C13H20N4O/c14-8-12(10-4-3-6-16-9-10)17-7-2-1-5-11(17)13(15)18/h3-4,6,9,11-12H,1-2,5,7-8,14H2,(H2,15,18). The van der Waals surface area contributed by atoms with Crippen molar-refractivity contribution in [1.82, 2.24) is 9.88 Å². The molecule has 2 rings (SSSR count). The molecule has 4 N–H and O–H groups in total. The molecule has 0 radical (unpaired) electrons. The largest absolute Gasteiger partial charge is 0.368 e. The van der Waals surface area contributed by atoms with Crippen LogP contribution in [0.2, 0.25) is 0 Å². The van der Waals surface area contributed by atoms with Gasteiger partial charge in [0.25, 0.3) is 0 Å². The first-order valence-electron chi connectivity index (χ1n) is 6.39. The maximum absolute atomic E-state index is 11.5. The monoisotopic (exact) mass is 248 g/mol. The van der Waals surface area contributed by atoms with E-state index in [2.05, 4.69) is 9.88 Å². The fourth-order valence-electron chi connectivity index (χ4n) is 2.67. The molecule has 1 aliphatic rings. The Hall–Kier alpha value is -1.46. The number of amides is 1. The van der Waals surface area contributed by atoms with Crippen LogP contribution in [-0.2, 0) is 4.79 Å². The third-order valence-corrected chi connectivity index (χ3v) is 3.57. The van der Waals surface area contributed by atoms with Gasteiger partial charge in [-0.15, -0.1) is 0 Å². The molecule has 2 atom stereocenters. The quantitative estimate of drug-likeness (QED) is 0.808. The molecule has 0 saturated carbocycles. The number of aromatic nitrogens is 1. The Labute approximate surface area is 107 Å². The van der Waals surface area contributed by atoms with Gasteiger partial charge in [-0.3, -0.25) is 14.7 Å². The van der Waals surface area contributed by atoms with Crippen LogP contribution in [0.1, 0.15) is 30.9 Å². The fraction of sp³-hybridized carbons (Fsp3) is 0.538. The highest BCUT2D eigenvalue weighted by Gasteiger charge is 2.32. The van der Waals surface area contributed by atoms with Gasteiger partial charge in [-0.2, -0.15) is 0 Å². The minimum atomic E-state index is -0.253. The minimum Gasteiger partial charge on any atom is -0.368 e. The van der Waals surface area contributed by atoms with Gasteiger partial charge in [0.15, 0.2) is 0 Å². The molecule has 2 heterocycles. The second kappa shape index (κ2) is 5.93. The number of carbonyl (C=O) groups excluding carboxylic acids is 1. The molecule has 98 valence electrons. The highest BCUT2D eigenvalue weighted by molar-refractivity contribution is 5.80. The molecule has 1 saturated heterocycles. The summed E-state index contributed by atoms with van der Waals surface area (Å²) < 4.78 is 0. The third kappa shape index (κ3) is 2.68. The summed E-state index contributed by atoms with van der Waals surface area (Å²) in [6.45, 7) is 1.33. The van der Waals surface area contributed by atoms with Crippen LogP contribution in [0.25, 0.3) is 0 Å². The van der Waals surface area contributed by atoms with Crippen molar-refractivity contribution in [3.63, 3.8) is 0 Å². The number of primary amides is 1. The van der Waals surface area contributed by atoms with Crippen LogP contribution in [0.5, 0.6) is 0 Å². The van der Waals surface area contributed by atoms with Gasteiger partial charge in [0.2, 0.25) is 5.91 Å². The first-order chi connectivity index (χ1) is 8.74. The number of piperidine rings is 1. The zero-order valence-corrected chi connectivity index (χ0v) is 10.5. The van der Waals surface area contributed by atoms with E-state index in [0.717, 1.165) is 31.4 Å². The number of hydrogen-bond acceptors (Lipinski definition) is 4. The molecule has 1 fully saturated rings. The lowest BCUT2D eigenvalue weighted by atomic mass is 9.96. The van der Waals surface area contributed by atoms with E-state index < -0.39 is 0 Å². The normalized spacial score (nSPS) is 22.6. The molecule has 0 bridgehead atoms. The van der Waals surface area contributed by atoms with Crippen LogP contribution in [0.3, 0.4) is 0 Å². The van der Waals surface area contributed by atoms with Crippen LogP contribution in [-0.4, -0.2) is 34.9 Å². The third-order valence-electron chi connectivity index (χ3n) is 3.57. The molecule has 5 heteroatoms. The Balaban J connectivity index is 2.22. The number of nitrogens with zero attached hydrogens (tertiary/aromatic N) is 2. The number of nitrogens with two attached hydrogens (primary N) is 2. The Morgan fingerprint density at radius 2 is 2.39 bits per heavy atom. The summed E-state index contributed by atoms with van der Waals surface area (Å²) in [5.41, 5.74) is 12.4. The zero-order valence-electron chi connectivity index (χ0n) is 10.5. The molecular weight excluding hydrogens is 228 g/mol. The van der Waals surface area contributed by atoms with Gasteiger partial charge in [0.05, 0.1) is 6.04 Å². The Bertz CT molecular complexity index is 395. The molecule has 18 heavy (non-hydrogen) atoms. The second-order valence-corrected chi connectivity index (χ2v) is 4.69. The van der Waals surface area contributed by atoms with Crippen molar-refractivity contribution in [2.75, 3.05) is 13.1 Å². The van der Waals surface area contributed by atoms with Gasteiger partial charge in [-0.25, -0.2) is 0 Å². The van der Waals surface area contributed by atoms with Crippen molar-refractivity contribution in [2.24, 2.45) is 11.5 Å².